The van der Waals surface area contributed by atoms with E-state index in [0.29, 0.717) is 13.0 Å². The summed E-state index contributed by atoms with van der Waals surface area (Å²) in [7, 11) is 1.64. The van der Waals surface area contributed by atoms with E-state index in [1.807, 2.05) is 31.2 Å². The number of carbonyl (C=O) groups excluding carboxylic acids is 1. The van der Waals surface area contributed by atoms with Gasteiger partial charge in [-0.05, 0) is 52.9 Å². The normalized spacial score (nSPS) is 15.0. The Morgan fingerprint density at radius 3 is 2.57 bits per heavy atom. The summed E-state index contributed by atoms with van der Waals surface area (Å²) in [6, 6.07) is 10.9. The summed E-state index contributed by atoms with van der Waals surface area (Å²) in [5, 5.41) is 2.90. The van der Waals surface area contributed by atoms with E-state index in [1.54, 1.807) is 13.2 Å². The van der Waals surface area contributed by atoms with Crippen LogP contribution in [0.1, 0.15) is 36.8 Å². The average molecular weight is 313 g/mol. The summed E-state index contributed by atoms with van der Waals surface area (Å²) in [5.41, 5.74) is 4.30. The van der Waals surface area contributed by atoms with Crippen molar-refractivity contribution in [3.63, 3.8) is 0 Å². The van der Waals surface area contributed by atoms with E-state index in [9.17, 15) is 9.18 Å². The maximum absolute atomic E-state index is 13.7. The molecule has 0 spiro atoms. The van der Waals surface area contributed by atoms with Crippen LogP contribution in [0.2, 0.25) is 0 Å². The van der Waals surface area contributed by atoms with Crippen LogP contribution in [0.25, 0.3) is 11.1 Å². The number of halogens is 1. The summed E-state index contributed by atoms with van der Waals surface area (Å²) in [6.07, 6.45) is 1.21. The van der Waals surface area contributed by atoms with Crippen molar-refractivity contribution in [3.8, 4) is 16.9 Å². The van der Waals surface area contributed by atoms with Crippen LogP contribution in [0.15, 0.2) is 36.4 Å². The lowest BCUT2D eigenvalue weighted by Gasteiger charge is -2.15. The first kappa shape index (κ1) is 15.5. The molecule has 3 rings (SSSR count). The summed E-state index contributed by atoms with van der Waals surface area (Å²) in [4.78, 5) is 11.4. The second-order valence-electron chi connectivity index (χ2n) is 5.73. The van der Waals surface area contributed by atoms with Crippen LogP contribution in [-0.2, 0) is 4.79 Å². The monoisotopic (exact) mass is 313 g/mol. The molecular formula is C19H20FNO2. The molecule has 1 aliphatic rings. The van der Waals surface area contributed by atoms with E-state index >= 15 is 0 Å². The molecule has 0 saturated carbocycles. The number of rotatable bonds is 5. The molecule has 0 bridgehead atoms. The molecule has 1 aliphatic carbocycles. The molecule has 3 nitrogen and oxygen atoms in total. The molecule has 2 aromatic carbocycles. The molecular weight excluding hydrogens is 293 g/mol. The van der Waals surface area contributed by atoms with Gasteiger partial charge in [0, 0.05) is 18.9 Å². The molecule has 1 amide bonds. The van der Waals surface area contributed by atoms with E-state index in [1.165, 1.54) is 6.07 Å². The summed E-state index contributed by atoms with van der Waals surface area (Å²) in [6.45, 7) is 2.40. The summed E-state index contributed by atoms with van der Waals surface area (Å²) < 4.78 is 19.0. The van der Waals surface area contributed by atoms with Crippen molar-refractivity contribution in [2.75, 3.05) is 13.7 Å². The van der Waals surface area contributed by atoms with Crippen molar-refractivity contribution in [2.24, 2.45) is 0 Å². The van der Waals surface area contributed by atoms with Crippen molar-refractivity contribution in [3.05, 3.63) is 53.3 Å². The maximum Gasteiger partial charge on any atom is 0.219 e. The molecule has 120 valence electrons. The first-order valence-electron chi connectivity index (χ1n) is 7.88. The van der Waals surface area contributed by atoms with Crippen LogP contribution in [0.4, 0.5) is 4.39 Å². The highest BCUT2D eigenvalue weighted by Gasteiger charge is 2.29. The number of hydrogen-bond acceptors (Lipinski definition) is 2. The third kappa shape index (κ3) is 2.93. The minimum atomic E-state index is -0.230. The van der Waals surface area contributed by atoms with E-state index in [-0.39, 0.29) is 17.6 Å². The maximum atomic E-state index is 13.7. The Labute approximate surface area is 135 Å². The fraction of sp³-hybridized carbons (Fsp3) is 0.316. The van der Waals surface area contributed by atoms with Crippen molar-refractivity contribution in [1.29, 1.82) is 0 Å². The van der Waals surface area contributed by atoms with Crippen LogP contribution >= 0.6 is 0 Å². The quantitative estimate of drug-likeness (QED) is 0.910. The van der Waals surface area contributed by atoms with E-state index in [4.69, 9.17) is 4.74 Å². The molecule has 0 radical (unpaired) electrons. The van der Waals surface area contributed by atoms with E-state index < -0.39 is 0 Å². The van der Waals surface area contributed by atoms with Gasteiger partial charge in [-0.1, -0.05) is 19.1 Å². The smallest absolute Gasteiger partial charge is 0.219 e. The minimum Gasteiger partial charge on any atom is -0.497 e. The van der Waals surface area contributed by atoms with Crippen LogP contribution in [0.3, 0.4) is 0 Å². The molecule has 0 heterocycles. The Balaban J connectivity index is 1.94. The predicted octanol–water partition coefficient (Wildman–Crippen LogP) is 3.86. The molecule has 0 aliphatic heterocycles. The molecule has 1 N–H and O–H groups in total. The lowest BCUT2D eigenvalue weighted by atomic mass is 9.93. The van der Waals surface area contributed by atoms with Gasteiger partial charge in [-0.15, -0.1) is 0 Å². The first-order chi connectivity index (χ1) is 11.1. The molecule has 1 atom stereocenters. The lowest BCUT2D eigenvalue weighted by Crippen LogP contribution is -2.24. The van der Waals surface area contributed by atoms with Gasteiger partial charge in [0.1, 0.15) is 11.6 Å². The van der Waals surface area contributed by atoms with Crippen LogP contribution in [-0.4, -0.2) is 19.6 Å². The van der Waals surface area contributed by atoms with E-state index in [0.717, 1.165) is 34.4 Å². The Hall–Kier alpha value is -2.36. The number of fused-ring (bicyclic) bond motifs is 3. The number of ether oxygens (including phenoxy) is 1. The topological polar surface area (TPSA) is 38.3 Å². The third-order valence-corrected chi connectivity index (χ3v) is 4.39. The van der Waals surface area contributed by atoms with Gasteiger partial charge in [0.2, 0.25) is 5.91 Å². The number of carbonyl (C=O) groups is 1. The molecule has 0 aromatic heterocycles. The van der Waals surface area contributed by atoms with Crippen molar-refractivity contribution >= 4 is 5.91 Å². The second kappa shape index (κ2) is 6.41. The SMILES string of the molecule is CCC(=O)NCCC1c2cc(F)ccc2-c2ccc(OC)cc21. The number of hydrogen-bond donors (Lipinski definition) is 1. The largest absolute Gasteiger partial charge is 0.497 e. The van der Waals surface area contributed by atoms with Crippen molar-refractivity contribution < 1.29 is 13.9 Å². The standard InChI is InChI=1S/C19H20FNO2/c1-3-19(22)21-9-8-16-17-10-12(20)4-6-14(17)15-7-5-13(23-2)11-18(15)16/h4-7,10-11,16H,3,8-9H2,1-2H3,(H,21,22). The Morgan fingerprint density at radius 1 is 1.17 bits per heavy atom. The van der Waals surface area contributed by atoms with Gasteiger partial charge >= 0.3 is 0 Å². The van der Waals surface area contributed by atoms with Crippen molar-refractivity contribution in [1.82, 2.24) is 5.32 Å². The predicted molar refractivity (Wildman–Crippen MR) is 88.1 cm³/mol. The molecule has 1 unspecified atom stereocenters. The van der Waals surface area contributed by atoms with Gasteiger partial charge in [0.15, 0.2) is 0 Å². The lowest BCUT2D eigenvalue weighted by molar-refractivity contribution is -0.120. The number of amides is 1. The molecule has 0 saturated heterocycles. The van der Waals surface area contributed by atoms with Crippen LogP contribution in [0.5, 0.6) is 5.75 Å². The van der Waals surface area contributed by atoms with Crippen molar-refractivity contribution in [2.45, 2.75) is 25.7 Å². The highest BCUT2D eigenvalue weighted by molar-refractivity contribution is 5.79. The zero-order valence-electron chi connectivity index (χ0n) is 13.4. The highest BCUT2D eigenvalue weighted by atomic mass is 19.1. The first-order valence-corrected chi connectivity index (χ1v) is 7.88. The number of nitrogens with one attached hydrogen (secondary N) is 1. The Morgan fingerprint density at radius 2 is 1.87 bits per heavy atom. The third-order valence-electron chi connectivity index (χ3n) is 4.39. The second-order valence-corrected chi connectivity index (χ2v) is 5.73. The molecule has 4 heteroatoms. The molecule has 2 aromatic rings. The van der Waals surface area contributed by atoms with Gasteiger partial charge < -0.3 is 10.1 Å². The Bertz CT molecular complexity index is 742. The van der Waals surface area contributed by atoms with Gasteiger partial charge in [-0.2, -0.15) is 0 Å². The van der Waals surface area contributed by atoms with Crippen LogP contribution < -0.4 is 10.1 Å². The van der Waals surface area contributed by atoms with Gasteiger partial charge in [0.05, 0.1) is 7.11 Å². The van der Waals surface area contributed by atoms with Gasteiger partial charge in [0.25, 0.3) is 0 Å². The highest BCUT2D eigenvalue weighted by Crippen LogP contribution is 2.47. The van der Waals surface area contributed by atoms with E-state index in [2.05, 4.69) is 5.32 Å². The fourth-order valence-corrected chi connectivity index (χ4v) is 3.23. The van der Waals surface area contributed by atoms with Crippen LogP contribution in [0, 0.1) is 5.82 Å². The number of methoxy groups -OCH3 is 1. The minimum absolute atomic E-state index is 0.0355. The molecule has 23 heavy (non-hydrogen) atoms. The Kier molecular flexibility index (Phi) is 4.33. The molecule has 0 fully saturated rings. The summed E-state index contributed by atoms with van der Waals surface area (Å²) in [5.74, 6) is 0.669. The van der Waals surface area contributed by atoms with Gasteiger partial charge in [-0.25, -0.2) is 4.39 Å². The average Bonchev–Trinajstić information content (AvgIpc) is 2.87. The zero-order chi connectivity index (χ0) is 16.4. The fourth-order valence-electron chi connectivity index (χ4n) is 3.23. The summed E-state index contributed by atoms with van der Waals surface area (Å²) >= 11 is 0. The zero-order valence-corrected chi connectivity index (χ0v) is 13.4. The van der Waals surface area contributed by atoms with Gasteiger partial charge in [-0.3, -0.25) is 4.79 Å². The number of benzene rings is 2.